The van der Waals surface area contributed by atoms with E-state index in [2.05, 4.69) is 16.6 Å². The molecule has 4 heteroatoms. The molecule has 0 aliphatic carbocycles. The summed E-state index contributed by atoms with van der Waals surface area (Å²) in [7, 11) is 0. The number of aromatic nitrogens is 2. The molecular formula is C13H17N3O. The van der Waals surface area contributed by atoms with Gasteiger partial charge < -0.3 is 9.73 Å². The second-order valence-electron chi connectivity index (χ2n) is 4.68. The van der Waals surface area contributed by atoms with Crippen LogP contribution >= 0.6 is 0 Å². The Morgan fingerprint density at radius 1 is 1.47 bits per heavy atom. The third-order valence-corrected chi connectivity index (χ3v) is 3.33. The molecule has 1 fully saturated rings. The Kier molecular flexibility index (Phi) is 2.96. The summed E-state index contributed by atoms with van der Waals surface area (Å²) in [6.07, 6.45) is 10.0. The first-order valence-electron chi connectivity index (χ1n) is 6.17. The van der Waals surface area contributed by atoms with E-state index >= 15 is 0 Å². The number of nitrogens with zero attached hydrogens (tertiary/aromatic N) is 2. The van der Waals surface area contributed by atoms with E-state index in [1.54, 1.807) is 12.5 Å². The fourth-order valence-corrected chi connectivity index (χ4v) is 2.39. The van der Waals surface area contributed by atoms with Crippen LogP contribution in [0, 0.1) is 5.92 Å². The molecule has 1 unspecified atom stereocenters. The summed E-state index contributed by atoms with van der Waals surface area (Å²) in [5.41, 5.74) is 2.22. The molecule has 1 N–H and O–H groups in total. The van der Waals surface area contributed by atoms with Crippen LogP contribution in [0.3, 0.4) is 0 Å². The van der Waals surface area contributed by atoms with Crippen LogP contribution in [-0.4, -0.2) is 22.9 Å². The average molecular weight is 231 g/mol. The topological polar surface area (TPSA) is 43.0 Å². The van der Waals surface area contributed by atoms with Gasteiger partial charge in [0.05, 0.1) is 18.7 Å². The second-order valence-corrected chi connectivity index (χ2v) is 4.68. The molecule has 0 radical (unpaired) electrons. The maximum atomic E-state index is 5.08. The summed E-state index contributed by atoms with van der Waals surface area (Å²) in [6.45, 7) is 3.28. The van der Waals surface area contributed by atoms with Gasteiger partial charge in [-0.15, -0.1) is 0 Å². The first-order valence-corrected chi connectivity index (χ1v) is 6.17. The lowest BCUT2D eigenvalue weighted by Gasteiger charge is -2.22. The quantitative estimate of drug-likeness (QED) is 0.880. The molecule has 0 bridgehead atoms. The van der Waals surface area contributed by atoms with Crippen molar-refractivity contribution in [2.75, 3.05) is 13.1 Å². The minimum atomic E-state index is 0.709. The van der Waals surface area contributed by atoms with Crippen molar-refractivity contribution in [2.24, 2.45) is 5.92 Å². The molecular weight excluding hydrogens is 214 g/mol. The summed E-state index contributed by atoms with van der Waals surface area (Å²) >= 11 is 0. The zero-order valence-corrected chi connectivity index (χ0v) is 9.80. The zero-order valence-electron chi connectivity index (χ0n) is 9.80. The van der Waals surface area contributed by atoms with Crippen molar-refractivity contribution in [2.45, 2.75) is 19.4 Å². The molecule has 2 aromatic heterocycles. The normalized spacial score (nSPS) is 20.6. The largest absolute Gasteiger partial charge is 0.472 e. The van der Waals surface area contributed by atoms with Crippen molar-refractivity contribution in [3.63, 3.8) is 0 Å². The fourth-order valence-electron chi connectivity index (χ4n) is 2.39. The van der Waals surface area contributed by atoms with Gasteiger partial charge >= 0.3 is 0 Å². The Bertz CT molecular complexity index is 455. The first-order chi connectivity index (χ1) is 8.42. The summed E-state index contributed by atoms with van der Waals surface area (Å²) in [5.74, 6) is 0.709. The molecule has 1 saturated heterocycles. The molecule has 17 heavy (non-hydrogen) atoms. The Morgan fingerprint density at radius 3 is 3.24 bits per heavy atom. The lowest BCUT2D eigenvalue weighted by Crippen LogP contribution is -2.32. The lowest BCUT2D eigenvalue weighted by molar-refractivity contribution is 0.325. The van der Waals surface area contributed by atoms with E-state index in [4.69, 9.17) is 4.42 Å². The predicted octanol–water partition coefficient (Wildman–Crippen LogP) is 2.14. The Hall–Kier alpha value is -1.55. The van der Waals surface area contributed by atoms with Crippen molar-refractivity contribution in [3.8, 4) is 11.1 Å². The number of furan rings is 1. The van der Waals surface area contributed by atoms with Crippen LogP contribution in [0.15, 0.2) is 35.4 Å². The maximum Gasteiger partial charge on any atom is 0.0982 e. The highest BCUT2D eigenvalue weighted by molar-refractivity contribution is 5.59. The summed E-state index contributed by atoms with van der Waals surface area (Å²) in [5, 5.41) is 7.85. The molecule has 1 aliphatic rings. The number of nitrogens with one attached hydrogen (secondary N) is 1. The van der Waals surface area contributed by atoms with Crippen molar-refractivity contribution in [1.82, 2.24) is 15.1 Å². The lowest BCUT2D eigenvalue weighted by atomic mass is 10.00. The van der Waals surface area contributed by atoms with Gasteiger partial charge in [0.2, 0.25) is 0 Å². The second kappa shape index (κ2) is 4.75. The molecule has 3 rings (SSSR count). The third-order valence-electron chi connectivity index (χ3n) is 3.33. The molecule has 3 heterocycles. The van der Waals surface area contributed by atoms with E-state index in [1.165, 1.54) is 12.8 Å². The Labute approximate surface area is 101 Å². The van der Waals surface area contributed by atoms with Crippen molar-refractivity contribution in [1.29, 1.82) is 0 Å². The van der Waals surface area contributed by atoms with Crippen LogP contribution in [0.4, 0.5) is 0 Å². The van der Waals surface area contributed by atoms with Crippen molar-refractivity contribution < 1.29 is 4.42 Å². The molecule has 2 aromatic rings. The van der Waals surface area contributed by atoms with Crippen molar-refractivity contribution >= 4 is 0 Å². The molecule has 0 amide bonds. The molecule has 1 aliphatic heterocycles. The zero-order chi connectivity index (χ0) is 11.5. The van der Waals surface area contributed by atoms with E-state index in [0.29, 0.717) is 5.92 Å². The number of rotatable bonds is 3. The van der Waals surface area contributed by atoms with E-state index in [-0.39, 0.29) is 0 Å². The first kappa shape index (κ1) is 10.6. The van der Waals surface area contributed by atoms with E-state index in [1.807, 2.05) is 16.9 Å². The van der Waals surface area contributed by atoms with Crippen LogP contribution < -0.4 is 5.32 Å². The SMILES string of the molecule is c1cc(-c2cnn(CC3CCCNC3)c2)co1. The summed E-state index contributed by atoms with van der Waals surface area (Å²) < 4.78 is 7.12. The van der Waals surface area contributed by atoms with Gasteiger partial charge in [0.1, 0.15) is 0 Å². The highest BCUT2D eigenvalue weighted by atomic mass is 16.3. The fraction of sp³-hybridized carbons (Fsp3) is 0.462. The van der Waals surface area contributed by atoms with Gasteiger partial charge in [0.15, 0.2) is 0 Å². The van der Waals surface area contributed by atoms with Crippen LogP contribution in [0.5, 0.6) is 0 Å². The Morgan fingerprint density at radius 2 is 2.47 bits per heavy atom. The van der Waals surface area contributed by atoms with Gasteiger partial charge in [0.25, 0.3) is 0 Å². The molecule has 90 valence electrons. The van der Waals surface area contributed by atoms with Gasteiger partial charge in [-0.3, -0.25) is 4.68 Å². The molecule has 1 atom stereocenters. The Balaban J connectivity index is 1.68. The van der Waals surface area contributed by atoms with Crippen LogP contribution in [0.2, 0.25) is 0 Å². The van der Waals surface area contributed by atoms with Crippen LogP contribution in [0.25, 0.3) is 11.1 Å². The van der Waals surface area contributed by atoms with Gasteiger partial charge in [0, 0.05) is 23.9 Å². The molecule has 0 spiro atoms. The van der Waals surface area contributed by atoms with Gasteiger partial charge in [-0.2, -0.15) is 5.10 Å². The highest BCUT2D eigenvalue weighted by Crippen LogP contribution is 2.19. The van der Waals surface area contributed by atoms with E-state index in [0.717, 1.165) is 30.8 Å². The smallest absolute Gasteiger partial charge is 0.0982 e. The monoisotopic (exact) mass is 231 g/mol. The van der Waals surface area contributed by atoms with Gasteiger partial charge in [-0.25, -0.2) is 0 Å². The summed E-state index contributed by atoms with van der Waals surface area (Å²) in [4.78, 5) is 0. The standard InChI is InChI=1S/C13H17N3O/c1-2-11(6-14-4-1)8-16-9-13(7-15-16)12-3-5-17-10-12/h3,5,7,9-11,14H,1-2,4,6,8H2. The van der Waals surface area contributed by atoms with Crippen LogP contribution in [0.1, 0.15) is 12.8 Å². The molecule has 0 saturated carbocycles. The number of hydrogen-bond acceptors (Lipinski definition) is 3. The average Bonchev–Trinajstić information content (AvgIpc) is 3.00. The molecule has 4 nitrogen and oxygen atoms in total. The van der Waals surface area contributed by atoms with E-state index in [9.17, 15) is 0 Å². The minimum Gasteiger partial charge on any atom is -0.472 e. The van der Waals surface area contributed by atoms with Gasteiger partial charge in [-0.1, -0.05) is 0 Å². The van der Waals surface area contributed by atoms with Gasteiger partial charge in [-0.05, 0) is 37.9 Å². The van der Waals surface area contributed by atoms with Crippen LogP contribution in [-0.2, 0) is 6.54 Å². The third kappa shape index (κ3) is 2.42. The maximum absolute atomic E-state index is 5.08. The number of piperidine rings is 1. The molecule has 0 aromatic carbocycles. The predicted molar refractivity (Wildman–Crippen MR) is 65.5 cm³/mol. The highest BCUT2D eigenvalue weighted by Gasteiger charge is 2.14. The van der Waals surface area contributed by atoms with Crippen molar-refractivity contribution in [3.05, 3.63) is 31.0 Å². The summed E-state index contributed by atoms with van der Waals surface area (Å²) in [6, 6.07) is 1.96. The minimum absolute atomic E-state index is 0.709. The number of hydrogen-bond donors (Lipinski definition) is 1. The van der Waals surface area contributed by atoms with E-state index < -0.39 is 0 Å².